The molecule has 11 aromatic rings. The predicted octanol–water partition coefficient (Wildman–Crippen LogP) is 18.6. The van der Waals surface area contributed by atoms with Gasteiger partial charge in [-0.25, -0.2) is 0 Å². The molecule has 4 nitrogen and oxygen atoms in total. The molecule has 3 heterocycles. The van der Waals surface area contributed by atoms with Crippen molar-refractivity contribution < 1.29 is 28.9 Å². The molecule has 0 bridgehead atoms. The van der Waals surface area contributed by atoms with Gasteiger partial charge in [0.2, 0.25) is 0 Å². The molecule has 0 spiro atoms. The molecular formula is C67H62FIrN3O-2. The van der Waals surface area contributed by atoms with Crippen LogP contribution in [0.4, 0.5) is 4.39 Å². The molecule has 0 saturated heterocycles. The fraction of sp³-hybridized carbons (Fsp3) is 0.254. The van der Waals surface area contributed by atoms with Crippen LogP contribution in [-0.2, 0) is 36.4 Å². The Bertz CT molecular complexity index is 3840. The third-order valence-electron chi connectivity index (χ3n) is 15.1. The van der Waals surface area contributed by atoms with Crippen LogP contribution in [0.1, 0.15) is 122 Å². The molecule has 1 aliphatic carbocycles. The summed E-state index contributed by atoms with van der Waals surface area (Å²) in [7, 11) is 0. The minimum atomic E-state index is -0.278. The summed E-state index contributed by atoms with van der Waals surface area (Å²) in [5, 5.41) is 7.42. The van der Waals surface area contributed by atoms with Gasteiger partial charge in [-0.2, -0.15) is 0 Å². The summed E-state index contributed by atoms with van der Waals surface area (Å²) in [5.41, 5.74) is 16.8. The van der Waals surface area contributed by atoms with Gasteiger partial charge in [0.05, 0.1) is 22.4 Å². The Morgan fingerprint density at radius 3 is 2.05 bits per heavy atom. The fourth-order valence-electron chi connectivity index (χ4n) is 11.6. The van der Waals surface area contributed by atoms with E-state index in [1.54, 1.807) is 6.07 Å². The van der Waals surface area contributed by atoms with Crippen molar-refractivity contribution in [2.45, 2.75) is 111 Å². The molecule has 73 heavy (non-hydrogen) atoms. The third kappa shape index (κ3) is 8.81. The van der Waals surface area contributed by atoms with E-state index in [0.717, 1.165) is 62.0 Å². The van der Waals surface area contributed by atoms with Crippen LogP contribution in [0.5, 0.6) is 0 Å². The average Bonchev–Trinajstić information content (AvgIpc) is 3.93. The molecule has 369 valence electrons. The first kappa shape index (κ1) is 49.8. The van der Waals surface area contributed by atoms with Crippen LogP contribution in [0.3, 0.4) is 0 Å². The van der Waals surface area contributed by atoms with Crippen LogP contribution in [0.15, 0.2) is 156 Å². The van der Waals surface area contributed by atoms with E-state index in [4.69, 9.17) is 9.40 Å². The van der Waals surface area contributed by atoms with Crippen molar-refractivity contribution in [2.24, 2.45) is 0 Å². The maximum atomic E-state index is 12.8. The number of fused-ring (bicyclic) bond motifs is 6. The molecule has 1 aliphatic rings. The van der Waals surface area contributed by atoms with Crippen LogP contribution in [0.25, 0.3) is 94.0 Å². The number of rotatable bonds is 6. The van der Waals surface area contributed by atoms with Gasteiger partial charge in [0.1, 0.15) is 5.58 Å². The van der Waals surface area contributed by atoms with E-state index in [0.29, 0.717) is 0 Å². The summed E-state index contributed by atoms with van der Waals surface area (Å²) in [4.78, 5) is 9.79. The standard InChI is InChI=1S/C52H47N2O.C15H15FN.Ir/c1-30(2)38-24-33(32-16-10-9-11-17-32)25-39(31(3)4)48(38)54-45-23-13-12-22-44(45)53-50(54)37-20-14-19-36-41-26-34-27-43-47-35(40(34)28-46(41)55-49(36)37)18-15-21-42(47)51(5,6)29-52(43,7)8;1-15(2,3)12-6-9-14(17-10-12)11-4-7-13(16)8-5-11;/h9-19,21-28,30-31H,29H2,1-8H3;4,6-10H,1-3H3;/q2*-1;. The van der Waals surface area contributed by atoms with E-state index >= 15 is 0 Å². The Labute approximate surface area is 443 Å². The van der Waals surface area contributed by atoms with Gasteiger partial charge < -0.3 is 14.0 Å². The molecule has 0 N–H and O–H groups in total. The van der Waals surface area contributed by atoms with Gasteiger partial charge in [0.15, 0.2) is 0 Å². The molecule has 6 heteroatoms. The molecule has 8 aromatic carbocycles. The van der Waals surface area contributed by atoms with Crippen LogP contribution in [0.2, 0.25) is 0 Å². The van der Waals surface area contributed by atoms with Crippen molar-refractivity contribution in [1.29, 1.82) is 0 Å². The van der Waals surface area contributed by atoms with Gasteiger partial charge in [0, 0.05) is 43.2 Å². The summed E-state index contributed by atoms with van der Waals surface area (Å²) >= 11 is 0. The minimum absolute atomic E-state index is 0. The second-order valence-corrected chi connectivity index (χ2v) is 22.9. The van der Waals surface area contributed by atoms with Gasteiger partial charge >= 0.3 is 0 Å². The van der Waals surface area contributed by atoms with Crippen LogP contribution in [-0.4, -0.2) is 14.5 Å². The zero-order valence-corrected chi connectivity index (χ0v) is 46.2. The fourth-order valence-corrected chi connectivity index (χ4v) is 11.6. The minimum Gasteiger partial charge on any atom is -0.501 e. The Kier molecular flexibility index (Phi) is 12.7. The molecule has 0 aliphatic heterocycles. The number of hydrogen-bond acceptors (Lipinski definition) is 3. The Balaban J connectivity index is 0.000000289. The van der Waals surface area contributed by atoms with Crippen molar-refractivity contribution in [2.75, 3.05) is 0 Å². The normalized spacial score (nSPS) is 14.1. The van der Waals surface area contributed by atoms with Gasteiger partial charge in [0.25, 0.3) is 0 Å². The molecule has 0 unspecified atom stereocenters. The first-order valence-electron chi connectivity index (χ1n) is 25.5. The summed E-state index contributed by atoms with van der Waals surface area (Å²) < 4.78 is 22.2. The molecule has 3 aromatic heterocycles. The number of pyridine rings is 1. The number of benzene rings is 8. The van der Waals surface area contributed by atoms with Crippen molar-refractivity contribution in [3.63, 3.8) is 0 Å². The number of halogens is 1. The van der Waals surface area contributed by atoms with Crippen molar-refractivity contribution in [1.82, 2.24) is 14.5 Å². The summed E-state index contributed by atoms with van der Waals surface area (Å²) in [6, 6.07) is 57.2. The summed E-state index contributed by atoms with van der Waals surface area (Å²) in [6.45, 7) is 25.3. The monoisotopic (exact) mass is 1140 g/mol. The first-order chi connectivity index (χ1) is 34.4. The SMILES string of the molecule is CC(C)(C)c1ccc(-c2[c-]cc(F)cc2)nc1.CC(C)c1cc(-c2ccccc2)cc(C(C)C)c1-n1c(-c2[c-]ccc3c2oc2cc4c(cc5c6c(cccc64)C(C)(C)CC5(C)C)cc23)nc2ccccc21.[Ir]. The maximum Gasteiger partial charge on any atom is 0.121 e. The Morgan fingerprint density at radius 1 is 0.671 bits per heavy atom. The smallest absolute Gasteiger partial charge is 0.121 e. The molecule has 0 fully saturated rings. The van der Waals surface area contributed by atoms with Crippen LogP contribution < -0.4 is 0 Å². The summed E-state index contributed by atoms with van der Waals surface area (Å²) in [6.07, 6.45) is 2.98. The second-order valence-electron chi connectivity index (χ2n) is 22.9. The Hall–Kier alpha value is -6.72. The predicted molar refractivity (Wildman–Crippen MR) is 299 cm³/mol. The second kappa shape index (κ2) is 18.6. The van der Waals surface area contributed by atoms with Crippen molar-refractivity contribution in [3.05, 3.63) is 198 Å². The van der Waals surface area contributed by atoms with Crippen LogP contribution >= 0.6 is 0 Å². The van der Waals surface area contributed by atoms with E-state index in [-0.39, 0.29) is 54.0 Å². The molecule has 0 saturated carbocycles. The number of para-hydroxylation sites is 2. The third-order valence-corrected chi connectivity index (χ3v) is 15.1. The van der Waals surface area contributed by atoms with E-state index in [9.17, 15) is 4.39 Å². The van der Waals surface area contributed by atoms with Crippen LogP contribution in [0, 0.1) is 17.9 Å². The van der Waals surface area contributed by atoms with Gasteiger partial charge in [-0.05, 0) is 143 Å². The van der Waals surface area contributed by atoms with Gasteiger partial charge in [-0.1, -0.05) is 160 Å². The number of nitrogens with zero attached hydrogens (tertiary/aromatic N) is 3. The van der Waals surface area contributed by atoms with Gasteiger partial charge in [-0.3, -0.25) is 9.37 Å². The molecule has 0 amide bonds. The number of hydrogen-bond donors (Lipinski definition) is 0. The van der Waals surface area contributed by atoms with E-state index in [2.05, 4.69) is 213 Å². The first-order valence-corrected chi connectivity index (χ1v) is 25.5. The van der Waals surface area contributed by atoms with E-state index in [1.165, 1.54) is 78.3 Å². The maximum absolute atomic E-state index is 12.8. The topological polar surface area (TPSA) is 43.9 Å². The Morgan fingerprint density at radius 2 is 1.38 bits per heavy atom. The van der Waals surface area contributed by atoms with Gasteiger partial charge in [-0.15, -0.1) is 48.0 Å². The molecule has 1 radical (unpaired) electrons. The zero-order chi connectivity index (χ0) is 50.4. The van der Waals surface area contributed by atoms with E-state index < -0.39 is 0 Å². The van der Waals surface area contributed by atoms with Crippen molar-refractivity contribution >= 4 is 54.5 Å². The quantitative estimate of drug-likeness (QED) is 0.123. The largest absolute Gasteiger partial charge is 0.501 e. The van der Waals surface area contributed by atoms with Crippen molar-refractivity contribution in [3.8, 4) is 39.5 Å². The number of imidazole rings is 1. The number of aromatic nitrogens is 3. The average molecular weight is 1140 g/mol. The summed E-state index contributed by atoms with van der Waals surface area (Å²) in [5.74, 6) is 1.12. The molecule has 12 rings (SSSR count). The molecule has 0 atom stereocenters. The number of furan rings is 1. The zero-order valence-electron chi connectivity index (χ0n) is 43.8. The molecular weight excluding hydrogens is 1070 g/mol. The van der Waals surface area contributed by atoms with E-state index in [1.807, 2.05) is 18.3 Å².